The van der Waals surface area contributed by atoms with Gasteiger partial charge in [-0.2, -0.15) is 0 Å². The first-order chi connectivity index (χ1) is 24.2. The second-order valence-electron chi connectivity index (χ2n) is 12.4. The number of rotatable bonds is 4. The summed E-state index contributed by atoms with van der Waals surface area (Å²) in [6.07, 6.45) is 0. The first-order valence-corrected chi connectivity index (χ1v) is 16.4. The summed E-state index contributed by atoms with van der Waals surface area (Å²) in [6.45, 7) is 0. The molecule has 0 N–H and O–H groups in total. The molecule has 7 aromatic carbocycles. The zero-order valence-corrected chi connectivity index (χ0v) is 26.3. The highest BCUT2D eigenvalue weighted by Crippen LogP contribution is 2.35. The molecule has 3 heterocycles. The van der Waals surface area contributed by atoms with Gasteiger partial charge in [-0.1, -0.05) is 121 Å². The zero-order chi connectivity index (χ0) is 32.3. The van der Waals surface area contributed by atoms with E-state index in [0.717, 1.165) is 38.8 Å². The van der Waals surface area contributed by atoms with Crippen LogP contribution in [-0.4, -0.2) is 24.5 Å². The molecule has 0 bridgehead atoms. The minimum Gasteiger partial charge on any atom is -0.294 e. The summed E-state index contributed by atoms with van der Waals surface area (Å²) in [5, 5.41) is 9.39. The molecule has 0 saturated carbocycles. The first-order valence-electron chi connectivity index (χ1n) is 16.4. The minimum atomic E-state index is 0.523. The Morgan fingerprint density at radius 3 is 1.51 bits per heavy atom. The van der Waals surface area contributed by atoms with Crippen molar-refractivity contribution in [3.8, 4) is 40.1 Å². The topological polar surface area (TPSA) is 56.5 Å². The lowest BCUT2D eigenvalue weighted by molar-refractivity contribution is 1.03. The van der Waals surface area contributed by atoms with Gasteiger partial charge in [0.2, 0.25) is 0 Å². The Balaban J connectivity index is 1.18. The highest BCUT2D eigenvalue weighted by Gasteiger charge is 2.17. The number of fused-ring (bicyclic) bond motifs is 6. The van der Waals surface area contributed by atoms with Crippen LogP contribution >= 0.6 is 0 Å². The van der Waals surface area contributed by atoms with Gasteiger partial charge in [-0.3, -0.25) is 4.57 Å². The maximum atomic E-state index is 5.25. The van der Waals surface area contributed by atoms with Crippen LogP contribution < -0.4 is 0 Å². The molecular weight excluding hydrogens is 599 g/mol. The van der Waals surface area contributed by atoms with E-state index in [0.29, 0.717) is 23.2 Å². The Hall–Kier alpha value is -6.72. The average molecular weight is 626 g/mol. The van der Waals surface area contributed by atoms with E-state index < -0.39 is 0 Å². The molecule has 0 fully saturated rings. The smallest absolute Gasteiger partial charge is 0.182 e. The highest BCUT2D eigenvalue weighted by atomic mass is 15.1. The first kappa shape index (κ1) is 27.4. The third-order valence-corrected chi connectivity index (χ3v) is 9.38. The third kappa shape index (κ3) is 4.63. The molecule has 10 aromatic rings. The van der Waals surface area contributed by atoms with Crippen molar-refractivity contribution < 1.29 is 0 Å². The van der Waals surface area contributed by atoms with E-state index in [2.05, 4.69) is 156 Å². The Morgan fingerprint density at radius 1 is 0.327 bits per heavy atom. The molecule has 0 aliphatic heterocycles. The van der Waals surface area contributed by atoms with Crippen molar-refractivity contribution in [2.75, 3.05) is 0 Å². The van der Waals surface area contributed by atoms with Crippen molar-refractivity contribution in [3.63, 3.8) is 0 Å². The number of hydrogen-bond donors (Lipinski definition) is 0. The summed E-state index contributed by atoms with van der Waals surface area (Å²) in [6, 6.07) is 57.0. The van der Waals surface area contributed by atoms with Crippen molar-refractivity contribution >= 4 is 54.1 Å². The summed E-state index contributed by atoms with van der Waals surface area (Å²) < 4.78 is 2.25. The van der Waals surface area contributed by atoms with Gasteiger partial charge in [-0.05, 0) is 74.8 Å². The van der Waals surface area contributed by atoms with Crippen LogP contribution in [0.5, 0.6) is 0 Å². The minimum absolute atomic E-state index is 0.523. The average Bonchev–Trinajstić information content (AvgIpc) is 3.49. The maximum absolute atomic E-state index is 5.25. The van der Waals surface area contributed by atoms with E-state index in [-0.39, 0.29) is 0 Å². The molecule has 0 amide bonds. The lowest BCUT2D eigenvalue weighted by Crippen LogP contribution is -2.03. The van der Waals surface area contributed by atoms with Crippen LogP contribution in [-0.2, 0) is 0 Å². The molecule has 5 heteroatoms. The summed E-state index contributed by atoms with van der Waals surface area (Å²) in [7, 11) is 0. The fourth-order valence-corrected chi connectivity index (χ4v) is 6.98. The summed E-state index contributed by atoms with van der Waals surface area (Å²) >= 11 is 0. The molecule has 5 nitrogen and oxygen atoms in total. The number of nitrogens with zero attached hydrogens (tertiary/aromatic N) is 5. The van der Waals surface area contributed by atoms with E-state index in [4.69, 9.17) is 19.9 Å². The van der Waals surface area contributed by atoms with Gasteiger partial charge in [0.15, 0.2) is 17.5 Å². The molecule has 0 saturated heterocycles. The molecule has 10 rings (SSSR count). The fourth-order valence-electron chi connectivity index (χ4n) is 6.98. The zero-order valence-electron chi connectivity index (χ0n) is 26.3. The second kappa shape index (κ2) is 10.9. The molecule has 0 aliphatic carbocycles. The second-order valence-corrected chi connectivity index (χ2v) is 12.4. The highest BCUT2D eigenvalue weighted by molar-refractivity contribution is 6.13. The van der Waals surface area contributed by atoms with E-state index in [1.165, 1.54) is 32.3 Å². The van der Waals surface area contributed by atoms with Crippen molar-refractivity contribution in [3.05, 3.63) is 164 Å². The fraction of sp³-hybridized carbons (Fsp3) is 0. The van der Waals surface area contributed by atoms with Crippen LogP contribution in [0.25, 0.3) is 94.2 Å². The summed E-state index contributed by atoms with van der Waals surface area (Å²) in [4.78, 5) is 20.4. The Labute approximate surface area is 281 Å². The van der Waals surface area contributed by atoms with Crippen LogP contribution in [0.1, 0.15) is 0 Å². The summed E-state index contributed by atoms with van der Waals surface area (Å²) in [5.74, 6) is 2.54. The van der Waals surface area contributed by atoms with Crippen LogP contribution in [0.15, 0.2) is 164 Å². The molecular formula is C44H27N5. The molecule has 49 heavy (non-hydrogen) atoms. The number of pyridine rings is 1. The van der Waals surface area contributed by atoms with Crippen molar-refractivity contribution in [1.29, 1.82) is 0 Å². The van der Waals surface area contributed by atoms with Gasteiger partial charge < -0.3 is 0 Å². The number of aromatic nitrogens is 5. The normalized spacial score (nSPS) is 11.7. The molecule has 0 aliphatic rings. The van der Waals surface area contributed by atoms with E-state index in [1.54, 1.807) is 0 Å². The molecule has 0 radical (unpaired) electrons. The van der Waals surface area contributed by atoms with E-state index in [1.807, 2.05) is 12.1 Å². The van der Waals surface area contributed by atoms with Gasteiger partial charge >= 0.3 is 0 Å². The number of para-hydroxylation sites is 1. The van der Waals surface area contributed by atoms with Gasteiger partial charge in [0.25, 0.3) is 0 Å². The monoisotopic (exact) mass is 625 g/mol. The molecule has 228 valence electrons. The predicted octanol–water partition coefficient (Wildman–Crippen LogP) is 10.8. The van der Waals surface area contributed by atoms with Crippen LogP contribution in [0, 0.1) is 0 Å². The Bertz CT molecular complexity index is 2810. The Morgan fingerprint density at radius 2 is 0.857 bits per heavy atom. The lowest BCUT2D eigenvalue weighted by atomic mass is 10.1. The van der Waals surface area contributed by atoms with Gasteiger partial charge in [-0.15, -0.1) is 0 Å². The van der Waals surface area contributed by atoms with Crippen molar-refractivity contribution in [1.82, 2.24) is 24.5 Å². The van der Waals surface area contributed by atoms with Gasteiger partial charge in [0.1, 0.15) is 11.5 Å². The maximum Gasteiger partial charge on any atom is 0.182 e. The van der Waals surface area contributed by atoms with E-state index >= 15 is 0 Å². The molecule has 0 atom stereocenters. The van der Waals surface area contributed by atoms with Crippen molar-refractivity contribution in [2.24, 2.45) is 0 Å². The standard InChI is InChI=1S/C44H27N5/c1-3-12-30-24-34(22-20-28(30)10-1)42-46-43(35-23-21-29-11-2-4-13-31(29)25-35)48-44(47-42)38-17-9-19-41(45-38)49-39-18-8-7-16-36(39)37-26-32-14-5-6-15-33(32)27-40(37)49/h1-27H. The van der Waals surface area contributed by atoms with Crippen molar-refractivity contribution in [2.45, 2.75) is 0 Å². The van der Waals surface area contributed by atoms with Gasteiger partial charge in [0, 0.05) is 21.9 Å². The van der Waals surface area contributed by atoms with Crippen LogP contribution in [0.3, 0.4) is 0 Å². The third-order valence-electron chi connectivity index (χ3n) is 9.38. The largest absolute Gasteiger partial charge is 0.294 e. The van der Waals surface area contributed by atoms with E-state index in [9.17, 15) is 0 Å². The lowest BCUT2D eigenvalue weighted by Gasteiger charge is -2.11. The SMILES string of the molecule is c1cc(-c2nc(-c3ccc4ccccc4c3)nc(-c3ccc4ccccc4c3)n2)nc(-n2c3ccccc3c3cc4ccccc4cc32)c1. The predicted molar refractivity (Wildman–Crippen MR) is 201 cm³/mol. The van der Waals surface area contributed by atoms with Crippen LogP contribution in [0.2, 0.25) is 0 Å². The summed E-state index contributed by atoms with van der Waals surface area (Å²) in [5.41, 5.74) is 4.73. The van der Waals surface area contributed by atoms with Crippen LogP contribution in [0.4, 0.5) is 0 Å². The van der Waals surface area contributed by atoms with Gasteiger partial charge in [0.05, 0.1) is 11.0 Å². The molecule has 3 aromatic heterocycles. The Kier molecular flexibility index (Phi) is 6.11. The van der Waals surface area contributed by atoms with Gasteiger partial charge in [-0.25, -0.2) is 19.9 Å². The quantitative estimate of drug-likeness (QED) is 0.195. The molecule has 0 spiro atoms. The number of hydrogen-bond acceptors (Lipinski definition) is 4. The number of benzene rings is 7. The molecule has 0 unspecified atom stereocenters.